The van der Waals surface area contributed by atoms with E-state index >= 15 is 0 Å². The van der Waals surface area contributed by atoms with Crippen molar-refractivity contribution < 1.29 is 10.0 Å². The fourth-order valence-corrected chi connectivity index (χ4v) is 2.34. The minimum Gasteiger partial charge on any atom is -0.423 e. The molecule has 110 valence electrons. The zero-order valence-electron chi connectivity index (χ0n) is 12.0. The molecule has 0 aliphatic rings. The zero-order valence-corrected chi connectivity index (χ0v) is 12.0. The summed E-state index contributed by atoms with van der Waals surface area (Å²) in [6.45, 7) is 0.544. The smallest absolute Gasteiger partial charge is 0.423 e. The van der Waals surface area contributed by atoms with Gasteiger partial charge in [-0.15, -0.1) is 5.10 Å². The molecular weight excluding hydrogens is 277 g/mol. The summed E-state index contributed by atoms with van der Waals surface area (Å²) < 4.78 is 1.75. The van der Waals surface area contributed by atoms with Gasteiger partial charge in [0.1, 0.15) is 0 Å². The lowest BCUT2D eigenvalue weighted by Crippen LogP contribution is -2.30. The van der Waals surface area contributed by atoms with Crippen LogP contribution in [0.2, 0.25) is 0 Å². The number of hydrogen-bond donors (Lipinski definition) is 2. The van der Waals surface area contributed by atoms with Crippen LogP contribution >= 0.6 is 0 Å². The topological polar surface area (TPSA) is 71.2 Å². The van der Waals surface area contributed by atoms with E-state index in [1.54, 1.807) is 22.9 Å². The Morgan fingerprint density at radius 2 is 1.73 bits per heavy atom. The molecule has 0 unspecified atom stereocenters. The molecule has 0 amide bonds. The van der Waals surface area contributed by atoms with Crippen LogP contribution in [0.15, 0.2) is 60.8 Å². The molecule has 0 aliphatic heterocycles. The van der Waals surface area contributed by atoms with Crippen LogP contribution in [0.4, 0.5) is 0 Å². The van der Waals surface area contributed by atoms with Gasteiger partial charge in [-0.1, -0.05) is 59.8 Å². The Hall–Kier alpha value is -2.44. The third kappa shape index (κ3) is 3.60. The van der Waals surface area contributed by atoms with Gasteiger partial charge in [0.25, 0.3) is 0 Å². The second-order valence-electron chi connectivity index (χ2n) is 5.19. The van der Waals surface area contributed by atoms with Crippen LogP contribution in [0.1, 0.15) is 16.8 Å². The highest BCUT2D eigenvalue weighted by Crippen LogP contribution is 2.07. The molecule has 3 aromatic rings. The monoisotopic (exact) mass is 293 g/mol. The second kappa shape index (κ2) is 6.55. The maximum atomic E-state index is 9.20. The summed E-state index contributed by atoms with van der Waals surface area (Å²) in [6.07, 6.45) is 2.66. The predicted molar refractivity (Wildman–Crippen MR) is 84.6 cm³/mol. The predicted octanol–water partition coefficient (Wildman–Crippen LogP) is 0.597. The highest BCUT2D eigenvalue weighted by Gasteiger charge is 2.11. The van der Waals surface area contributed by atoms with E-state index in [4.69, 9.17) is 0 Å². The minimum absolute atomic E-state index is 0.474. The van der Waals surface area contributed by atoms with Gasteiger partial charge < -0.3 is 10.0 Å². The average molecular weight is 293 g/mol. The van der Waals surface area contributed by atoms with E-state index in [9.17, 15) is 10.0 Å². The lowest BCUT2D eigenvalue weighted by Gasteiger charge is -2.04. The molecule has 1 heterocycles. The van der Waals surface area contributed by atoms with Gasteiger partial charge in [0, 0.05) is 12.6 Å². The van der Waals surface area contributed by atoms with E-state index in [0.717, 1.165) is 17.7 Å². The molecule has 3 rings (SSSR count). The number of rotatable bonds is 5. The molecule has 0 spiro atoms. The van der Waals surface area contributed by atoms with Crippen molar-refractivity contribution in [2.45, 2.75) is 13.0 Å². The number of aromatic nitrogens is 3. The van der Waals surface area contributed by atoms with Crippen LogP contribution in [-0.2, 0) is 13.0 Å². The molecule has 1 aromatic heterocycles. The highest BCUT2D eigenvalue weighted by molar-refractivity contribution is 6.58. The summed E-state index contributed by atoms with van der Waals surface area (Å²) in [5.74, 6) is 0. The molecule has 0 saturated carbocycles. The van der Waals surface area contributed by atoms with E-state index in [2.05, 4.69) is 22.4 Å². The van der Waals surface area contributed by atoms with Gasteiger partial charge >= 0.3 is 7.12 Å². The molecule has 0 aliphatic carbocycles. The van der Waals surface area contributed by atoms with Crippen LogP contribution in [0.25, 0.3) is 0 Å². The van der Waals surface area contributed by atoms with Crippen molar-refractivity contribution in [1.82, 2.24) is 15.0 Å². The van der Waals surface area contributed by atoms with Crippen LogP contribution in [0.3, 0.4) is 0 Å². The van der Waals surface area contributed by atoms with Gasteiger partial charge in [-0.2, -0.15) is 0 Å². The Labute approximate surface area is 129 Å². The van der Waals surface area contributed by atoms with Crippen molar-refractivity contribution in [3.63, 3.8) is 0 Å². The molecule has 2 N–H and O–H groups in total. The van der Waals surface area contributed by atoms with E-state index in [0.29, 0.717) is 12.0 Å². The van der Waals surface area contributed by atoms with Crippen LogP contribution in [0, 0.1) is 0 Å². The Morgan fingerprint density at radius 1 is 0.955 bits per heavy atom. The number of benzene rings is 2. The summed E-state index contributed by atoms with van der Waals surface area (Å²) in [4.78, 5) is 0. The lowest BCUT2D eigenvalue weighted by molar-refractivity contribution is 0.425. The Balaban J connectivity index is 1.70. The SMILES string of the molecule is OB(O)c1cccc(Cn2cc(Cc3ccccc3)nn2)c1. The first-order valence-electron chi connectivity index (χ1n) is 7.08. The Kier molecular flexibility index (Phi) is 4.32. The fourth-order valence-electron chi connectivity index (χ4n) is 2.34. The van der Waals surface area contributed by atoms with Gasteiger partial charge in [0.15, 0.2) is 0 Å². The number of nitrogens with zero attached hydrogens (tertiary/aromatic N) is 3. The summed E-state index contributed by atoms with van der Waals surface area (Å²) in [7, 11) is -1.45. The lowest BCUT2D eigenvalue weighted by atomic mass is 9.80. The van der Waals surface area contributed by atoms with Crippen molar-refractivity contribution in [2.24, 2.45) is 0 Å². The summed E-state index contributed by atoms with van der Waals surface area (Å²) in [5, 5.41) is 26.7. The minimum atomic E-state index is -1.45. The van der Waals surface area contributed by atoms with E-state index < -0.39 is 7.12 Å². The first kappa shape index (κ1) is 14.5. The maximum Gasteiger partial charge on any atom is 0.488 e. The third-order valence-corrected chi connectivity index (χ3v) is 3.41. The fraction of sp³-hybridized carbons (Fsp3) is 0.125. The third-order valence-electron chi connectivity index (χ3n) is 3.41. The first-order chi connectivity index (χ1) is 10.7. The van der Waals surface area contributed by atoms with E-state index in [1.807, 2.05) is 30.5 Å². The summed E-state index contributed by atoms with van der Waals surface area (Å²) in [6, 6.07) is 17.3. The molecule has 2 aromatic carbocycles. The highest BCUT2D eigenvalue weighted by atomic mass is 16.4. The molecule has 22 heavy (non-hydrogen) atoms. The van der Waals surface area contributed by atoms with Crippen LogP contribution in [0.5, 0.6) is 0 Å². The van der Waals surface area contributed by atoms with Gasteiger partial charge in [-0.3, -0.25) is 0 Å². The van der Waals surface area contributed by atoms with Crippen molar-refractivity contribution in [2.75, 3.05) is 0 Å². The largest absolute Gasteiger partial charge is 0.488 e. The maximum absolute atomic E-state index is 9.20. The van der Waals surface area contributed by atoms with Gasteiger partial charge in [-0.05, 0) is 16.6 Å². The van der Waals surface area contributed by atoms with Crippen LogP contribution in [-0.4, -0.2) is 32.2 Å². The standard InChI is InChI=1S/C16H16BN3O2/c21-17(22)15-8-4-7-14(9-15)11-20-12-16(18-19-20)10-13-5-2-1-3-6-13/h1-9,12,21-22H,10-11H2. The molecule has 0 radical (unpaired) electrons. The molecule has 5 nitrogen and oxygen atoms in total. The zero-order chi connectivity index (χ0) is 15.4. The molecule has 0 atom stereocenters. The summed E-state index contributed by atoms with van der Waals surface area (Å²) >= 11 is 0. The van der Waals surface area contributed by atoms with E-state index in [1.165, 1.54) is 5.56 Å². The molecule has 0 fully saturated rings. The van der Waals surface area contributed by atoms with Gasteiger partial charge in [-0.25, -0.2) is 4.68 Å². The normalized spacial score (nSPS) is 10.6. The van der Waals surface area contributed by atoms with Crippen molar-refractivity contribution in [3.05, 3.63) is 77.6 Å². The Bertz CT molecular complexity index is 744. The first-order valence-corrected chi connectivity index (χ1v) is 7.08. The average Bonchev–Trinajstić information content (AvgIpc) is 2.95. The molecule has 6 heteroatoms. The molecular formula is C16H16BN3O2. The van der Waals surface area contributed by atoms with Crippen LogP contribution < -0.4 is 5.46 Å². The molecule has 0 saturated heterocycles. The Morgan fingerprint density at radius 3 is 2.50 bits per heavy atom. The van der Waals surface area contributed by atoms with Crippen molar-refractivity contribution in [3.8, 4) is 0 Å². The quantitative estimate of drug-likeness (QED) is 0.676. The molecule has 0 bridgehead atoms. The van der Waals surface area contributed by atoms with Gasteiger partial charge in [0.05, 0.1) is 12.2 Å². The van der Waals surface area contributed by atoms with Crippen molar-refractivity contribution in [1.29, 1.82) is 0 Å². The van der Waals surface area contributed by atoms with Gasteiger partial charge in [0.2, 0.25) is 0 Å². The second-order valence-corrected chi connectivity index (χ2v) is 5.19. The summed E-state index contributed by atoms with van der Waals surface area (Å²) in [5.41, 5.74) is 3.52. The number of hydrogen-bond acceptors (Lipinski definition) is 4. The van der Waals surface area contributed by atoms with E-state index in [-0.39, 0.29) is 0 Å². The van der Waals surface area contributed by atoms with Crippen molar-refractivity contribution >= 4 is 12.6 Å².